The second-order valence-corrected chi connectivity index (χ2v) is 5.36. The molecule has 1 N–H and O–H groups in total. The van der Waals surface area contributed by atoms with Crippen LogP contribution in [0.3, 0.4) is 0 Å². The van der Waals surface area contributed by atoms with Crippen LogP contribution >= 0.6 is 0 Å². The van der Waals surface area contributed by atoms with Gasteiger partial charge in [-0.2, -0.15) is 0 Å². The second-order valence-electron chi connectivity index (χ2n) is 5.36. The monoisotopic (exact) mass is 256 g/mol. The highest BCUT2D eigenvalue weighted by molar-refractivity contribution is 5.36. The van der Waals surface area contributed by atoms with Gasteiger partial charge in [0.1, 0.15) is 11.9 Å². The first kappa shape index (κ1) is 12.4. The number of hydrogen-bond acceptors (Lipinski definition) is 1. The Balaban J connectivity index is 1.91. The van der Waals surface area contributed by atoms with Crippen LogP contribution in [0.1, 0.15) is 47.1 Å². The SMILES string of the molecule is Cc1ccc(C(O)c2cccc(C3CC3)c2)cc1F. The normalized spacial score (nSPS) is 16.4. The molecule has 0 aromatic heterocycles. The fraction of sp³-hybridized carbons (Fsp3) is 0.294. The van der Waals surface area contributed by atoms with Crippen LogP contribution < -0.4 is 0 Å². The van der Waals surface area contributed by atoms with E-state index in [1.807, 2.05) is 18.2 Å². The third-order valence-corrected chi connectivity index (χ3v) is 3.79. The van der Waals surface area contributed by atoms with Gasteiger partial charge in [-0.05, 0) is 54.0 Å². The summed E-state index contributed by atoms with van der Waals surface area (Å²) in [5, 5.41) is 10.4. The molecule has 0 heterocycles. The lowest BCUT2D eigenvalue weighted by Gasteiger charge is -2.13. The molecule has 1 aliphatic rings. The van der Waals surface area contributed by atoms with Crippen molar-refractivity contribution in [2.75, 3.05) is 0 Å². The highest BCUT2D eigenvalue weighted by Crippen LogP contribution is 2.40. The standard InChI is InChI=1S/C17H17FO/c1-11-5-6-15(10-16(11)18)17(19)14-4-2-3-13(9-14)12-7-8-12/h2-6,9-10,12,17,19H,7-8H2,1H3. The molecule has 1 fully saturated rings. The van der Waals surface area contributed by atoms with Crippen molar-refractivity contribution in [1.82, 2.24) is 0 Å². The Hall–Kier alpha value is -1.67. The fourth-order valence-corrected chi connectivity index (χ4v) is 2.37. The molecule has 0 aliphatic heterocycles. The van der Waals surface area contributed by atoms with E-state index < -0.39 is 6.10 Å². The number of benzene rings is 2. The molecule has 0 bridgehead atoms. The van der Waals surface area contributed by atoms with Gasteiger partial charge in [0.15, 0.2) is 0 Å². The molecule has 3 rings (SSSR count). The maximum Gasteiger partial charge on any atom is 0.126 e. The first-order valence-electron chi connectivity index (χ1n) is 6.69. The molecule has 2 aromatic rings. The second kappa shape index (κ2) is 4.78. The molecule has 0 amide bonds. The van der Waals surface area contributed by atoms with E-state index in [9.17, 15) is 9.50 Å². The van der Waals surface area contributed by atoms with Crippen molar-refractivity contribution >= 4 is 0 Å². The molecular formula is C17H17FO. The Morgan fingerprint density at radius 2 is 1.84 bits per heavy atom. The van der Waals surface area contributed by atoms with Crippen LogP contribution in [-0.2, 0) is 0 Å². The molecule has 1 nitrogen and oxygen atoms in total. The molecule has 1 saturated carbocycles. The first-order valence-corrected chi connectivity index (χ1v) is 6.69. The van der Waals surface area contributed by atoms with Crippen LogP contribution in [0.15, 0.2) is 42.5 Å². The average molecular weight is 256 g/mol. The van der Waals surface area contributed by atoms with Crippen molar-refractivity contribution in [3.05, 3.63) is 70.5 Å². The molecule has 1 atom stereocenters. The summed E-state index contributed by atoms with van der Waals surface area (Å²) >= 11 is 0. The smallest absolute Gasteiger partial charge is 0.126 e. The average Bonchev–Trinajstić information content (AvgIpc) is 3.26. The third kappa shape index (κ3) is 2.54. The topological polar surface area (TPSA) is 20.2 Å². The van der Waals surface area contributed by atoms with E-state index in [1.54, 1.807) is 19.1 Å². The summed E-state index contributed by atoms with van der Waals surface area (Å²) in [5.74, 6) is 0.386. The Morgan fingerprint density at radius 3 is 2.53 bits per heavy atom. The van der Waals surface area contributed by atoms with Gasteiger partial charge in [0.25, 0.3) is 0 Å². The van der Waals surface area contributed by atoms with E-state index >= 15 is 0 Å². The number of rotatable bonds is 3. The zero-order chi connectivity index (χ0) is 13.4. The van der Waals surface area contributed by atoms with Crippen LogP contribution in [0.2, 0.25) is 0 Å². The summed E-state index contributed by atoms with van der Waals surface area (Å²) < 4.78 is 13.6. The van der Waals surface area contributed by atoms with E-state index in [4.69, 9.17) is 0 Å². The molecular weight excluding hydrogens is 239 g/mol. The summed E-state index contributed by atoms with van der Waals surface area (Å²) in [5.41, 5.74) is 3.33. The van der Waals surface area contributed by atoms with Gasteiger partial charge >= 0.3 is 0 Å². The maximum absolute atomic E-state index is 13.6. The molecule has 98 valence electrons. The number of aliphatic hydroxyl groups is 1. The van der Waals surface area contributed by atoms with Crippen LogP contribution in [0.4, 0.5) is 4.39 Å². The van der Waals surface area contributed by atoms with Crippen molar-refractivity contribution in [2.24, 2.45) is 0 Å². The zero-order valence-corrected chi connectivity index (χ0v) is 10.9. The highest BCUT2D eigenvalue weighted by atomic mass is 19.1. The Kier molecular flexibility index (Phi) is 3.11. The lowest BCUT2D eigenvalue weighted by atomic mass is 9.97. The Bertz CT molecular complexity index is 602. The molecule has 19 heavy (non-hydrogen) atoms. The van der Waals surface area contributed by atoms with E-state index in [-0.39, 0.29) is 5.82 Å². The summed E-state index contributed by atoms with van der Waals surface area (Å²) in [6, 6.07) is 12.9. The van der Waals surface area contributed by atoms with Crippen LogP contribution in [0.25, 0.3) is 0 Å². The summed E-state index contributed by atoms with van der Waals surface area (Å²) in [4.78, 5) is 0. The van der Waals surface area contributed by atoms with Gasteiger partial charge in [-0.1, -0.05) is 36.4 Å². The van der Waals surface area contributed by atoms with Crippen molar-refractivity contribution in [3.8, 4) is 0 Å². The van der Waals surface area contributed by atoms with E-state index in [0.29, 0.717) is 17.0 Å². The summed E-state index contributed by atoms with van der Waals surface area (Å²) in [6.45, 7) is 1.72. The van der Waals surface area contributed by atoms with E-state index in [0.717, 1.165) is 5.56 Å². The van der Waals surface area contributed by atoms with Gasteiger partial charge in [0, 0.05) is 0 Å². The molecule has 0 spiro atoms. The van der Waals surface area contributed by atoms with Crippen molar-refractivity contribution in [1.29, 1.82) is 0 Å². The Labute approximate surface area is 112 Å². The first-order chi connectivity index (χ1) is 9.15. The number of halogens is 1. The van der Waals surface area contributed by atoms with Gasteiger partial charge in [-0.25, -0.2) is 4.39 Å². The molecule has 0 saturated heterocycles. The van der Waals surface area contributed by atoms with Gasteiger partial charge < -0.3 is 5.11 Å². The Morgan fingerprint density at radius 1 is 1.11 bits per heavy atom. The van der Waals surface area contributed by atoms with Gasteiger partial charge in [0.05, 0.1) is 0 Å². The fourth-order valence-electron chi connectivity index (χ4n) is 2.37. The zero-order valence-electron chi connectivity index (χ0n) is 10.9. The quantitative estimate of drug-likeness (QED) is 0.876. The molecule has 1 unspecified atom stereocenters. The largest absolute Gasteiger partial charge is 0.384 e. The third-order valence-electron chi connectivity index (χ3n) is 3.79. The van der Waals surface area contributed by atoms with Crippen molar-refractivity contribution in [2.45, 2.75) is 31.8 Å². The molecule has 2 heteroatoms. The van der Waals surface area contributed by atoms with E-state index in [1.165, 1.54) is 24.5 Å². The van der Waals surface area contributed by atoms with Crippen molar-refractivity contribution in [3.63, 3.8) is 0 Å². The van der Waals surface area contributed by atoms with Crippen LogP contribution in [0.5, 0.6) is 0 Å². The lowest BCUT2D eigenvalue weighted by Crippen LogP contribution is -2.01. The predicted molar refractivity (Wildman–Crippen MR) is 73.6 cm³/mol. The minimum absolute atomic E-state index is 0.269. The van der Waals surface area contributed by atoms with Crippen molar-refractivity contribution < 1.29 is 9.50 Å². The predicted octanol–water partition coefficient (Wildman–Crippen LogP) is 4.09. The molecule has 0 radical (unpaired) electrons. The number of hydrogen-bond donors (Lipinski definition) is 1. The van der Waals surface area contributed by atoms with Gasteiger partial charge in [0.2, 0.25) is 0 Å². The summed E-state index contributed by atoms with van der Waals surface area (Å²) in [7, 11) is 0. The van der Waals surface area contributed by atoms with Gasteiger partial charge in [-0.3, -0.25) is 0 Å². The highest BCUT2D eigenvalue weighted by Gasteiger charge is 2.24. The number of aliphatic hydroxyl groups excluding tert-OH is 1. The summed E-state index contributed by atoms with van der Waals surface area (Å²) in [6.07, 6.45) is 1.71. The number of aryl methyl sites for hydroxylation is 1. The molecule has 1 aliphatic carbocycles. The minimum Gasteiger partial charge on any atom is -0.384 e. The molecule has 2 aromatic carbocycles. The maximum atomic E-state index is 13.6. The van der Waals surface area contributed by atoms with Crippen LogP contribution in [-0.4, -0.2) is 5.11 Å². The lowest BCUT2D eigenvalue weighted by molar-refractivity contribution is 0.219. The van der Waals surface area contributed by atoms with Gasteiger partial charge in [-0.15, -0.1) is 0 Å². The van der Waals surface area contributed by atoms with E-state index in [2.05, 4.69) is 6.07 Å². The minimum atomic E-state index is -0.756. The van der Waals surface area contributed by atoms with Crippen LogP contribution in [0, 0.1) is 12.7 Å².